The van der Waals surface area contributed by atoms with Gasteiger partial charge in [-0.1, -0.05) is 30.7 Å². The van der Waals surface area contributed by atoms with Crippen molar-refractivity contribution < 1.29 is 0 Å². The first kappa shape index (κ1) is 14.4. The molecule has 21 heavy (non-hydrogen) atoms. The SMILES string of the molecule is CCC(Nc1ccc2nc(C)sc2c1)c1cccc(Cl)c1. The van der Waals surface area contributed by atoms with Gasteiger partial charge in [0.15, 0.2) is 0 Å². The van der Waals surface area contributed by atoms with Gasteiger partial charge in [0.2, 0.25) is 0 Å². The summed E-state index contributed by atoms with van der Waals surface area (Å²) in [5, 5.41) is 5.47. The van der Waals surface area contributed by atoms with E-state index in [4.69, 9.17) is 11.6 Å². The molecule has 0 aliphatic rings. The molecule has 0 amide bonds. The predicted molar refractivity (Wildman–Crippen MR) is 92.5 cm³/mol. The van der Waals surface area contributed by atoms with Crippen LogP contribution in [0.4, 0.5) is 5.69 Å². The number of hydrogen-bond acceptors (Lipinski definition) is 3. The lowest BCUT2D eigenvalue weighted by atomic mass is 10.0. The summed E-state index contributed by atoms with van der Waals surface area (Å²) < 4.78 is 1.22. The smallest absolute Gasteiger partial charge is 0.0907 e. The van der Waals surface area contributed by atoms with E-state index in [0.717, 1.165) is 27.7 Å². The molecule has 1 unspecified atom stereocenters. The average molecular weight is 317 g/mol. The van der Waals surface area contributed by atoms with E-state index in [1.807, 2.05) is 25.1 Å². The van der Waals surface area contributed by atoms with Gasteiger partial charge in [-0.15, -0.1) is 11.3 Å². The van der Waals surface area contributed by atoms with Crippen LogP contribution in [0.15, 0.2) is 42.5 Å². The number of aromatic nitrogens is 1. The van der Waals surface area contributed by atoms with Gasteiger partial charge in [0.25, 0.3) is 0 Å². The van der Waals surface area contributed by atoms with Gasteiger partial charge in [0.1, 0.15) is 0 Å². The third kappa shape index (κ3) is 3.20. The summed E-state index contributed by atoms with van der Waals surface area (Å²) in [6, 6.07) is 14.6. The molecular weight excluding hydrogens is 300 g/mol. The zero-order chi connectivity index (χ0) is 14.8. The first-order chi connectivity index (χ1) is 10.2. The van der Waals surface area contributed by atoms with E-state index in [1.165, 1.54) is 10.3 Å². The molecule has 0 aliphatic heterocycles. The van der Waals surface area contributed by atoms with E-state index in [1.54, 1.807) is 11.3 Å². The Morgan fingerprint density at radius 2 is 2.10 bits per heavy atom. The highest BCUT2D eigenvalue weighted by atomic mass is 35.5. The number of aryl methyl sites for hydroxylation is 1. The predicted octanol–water partition coefficient (Wildman–Crippen LogP) is 5.82. The fourth-order valence-corrected chi connectivity index (χ4v) is 3.54. The number of fused-ring (bicyclic) bond motifs is 1. The summed E-state index contributed by atoms with van der Waals surface area (Å²) in [5.41, 5.74) is 3.41. The van der Waals surface area contributed by atoms with Crippen molar-refractivity contribution in [1.29, 1.82) is 0 Å². The second-order valence-corrected chi connectivity index (χ2v) is 6.75. The van der Waals surface area contributed by atoms with Gasteiger partial charge in [-0.3, -0.25) is 0 Å². The summed E-state index contributed by atoms with van der Waals surface area (Å²) >= 11 is 7.82. The highest BCUT2D eigenvalue weighted by molar-refractivity contribution is 7.18. The van der Waals surface area contributed by atoms with Gasteiger partial charge in [0.05, 0.1) is 21.3 Å². The molecule has 1 atom stereocenters. The molecule has 0 fully saturated rings. The molecule has 0 saturated carbocycles. The molecule has 2 aromatic carbocycles. The highest BCUT2D eigenvalue weighted by Gasteiger charge is 2.10. The Morgan fingerprint density at radius 1 is 1.24 bits per heavy atom. The quantitative estimate of drug-likeness (QED) is 0.656. The molecule has 2 nitrogen and oxygen atoms in total. The lowest BCUT2D eigenvalue weighted by molar-refractivity contribution is 0.750. The van der Waals surface area contributed by atoms with Crippen molar-refractivity contribution in [3.05, 3.63) is 58.1 Å². The Bertz CT molecular complexity index is 766. The number of thiazole rings is 1. The number of nitrogens with one attached hydrogen (secondary N) is 1. The minimum Gasteiger partial charge on any atom is -0.378 e. The summed E-state index contributed by atoms with van der Waals surface area (Å²) in [4.78, 5) is 4.50. The third-order valence-electron chi connectivity index (χ3n) is 3.50. The molecule has 3 aromatic rings. The van der Waals surface area contributed by atoms with Crippen molar-refractivity contribution in [3.63, 3.8) is 0 Å². The molecule has 0 aliphatic carbocycles. The Morgan fingerprint density at radius 3 is 2.86 bits per heavy atom. The van der Waals surface area contributed by atoms with Crippen LogP contribution in [0.5, 0.6) is 0 Å². The molecule has 0 saturated heterocycles. The zero-order valence-electron chi connectivity index (χ0n) is 12.1. The van der Waals surface area contributed by atoms with Crippen LogP contribution in [-0.2, 0) is 0 Å². The van der Waals surface area contributed by atoms with Crippen molar-refractivity contribution >= 4 is 38.8 Å². The zero-order valence-corrected chi connectivity index (χ0v) is 13.6. The van der Waals surface area contributed by atoms with E-state index in [0.29, 0.717) is 0 Å². The number of benzene rings is 2. The molecule has 4 heteroatoms. The van der Waals surface area contributed by atoms with Crippen LogP contribution in [0.3, 0.4) is 0 Å². The van der Waals surface area contributed by atoms with Crippen molar-refractivity contribution in [1.82, 2.24) is 4.98 Å². The van der Waals surface area contributed by atoms with Crippen molar-refractivity contribution in [2.24, 2.45) is 0 Å². The highest BCUT2D eigenvalue weighted by Crippen LogP contribution is 2.29. The topological polar surface area (TPSA) is 24.9 Å². The summed E-state index contributed by atoms with van der Waals surface area (Å²) in [6.07, 6.45) is 1.00. The molecule has 0 spiro atoms. The molecule has 3 rings (SSSR count). The summed E-state index contributed by atoms with van der Waals surface area (Å²) in [7, 11) is 0. The number of halogens is 1. The normalized spacial score (nSPS) is 12.5. The first-order valence-electron chi connectivity index (χ1n) is 7.05. The van der Waals surface area contributed by atoms with Gasteiger partial charge in [-0.2, -0.15) is 0 Å². The van der Waals surface area contributed by atoms with Gasteiger partial charge in [-0.25, -0.2) is 4.98 Å². The Balaban J connectivity index is 1.88. The van der Waals surface area contributed by atoms with Crippen LogP contribution in [0.25, 0.3) is 10.2 Å². The maximum absolute atomic E-state index is 6.10. The van der Waals surface area contributed by atoms with Gasteiger partial charge < -0.3 is 5.32 Å². The second kappa shape index (κ2) is 6.04. The monoisotopic (exact) mass is 316 g/mol. The number of anilines is 1. The van der Waals surface area contributed by atoms with Crippen LogP contribution in [-0.4, -0.2) is 4.98 Å². The Hall–Kier alpha value is -1.58. The maximum atomic E-state index is 6.10. The van der Waals surface area contributed by atoms with Crippen LogP contribution in [0.1, 0.15) is 30.0 Å². The minimum atomic E-state index is 0.259. The fourth-order valence-electron chi connectivity index (χ4n) is 2.48. The molecule has 1 heterocycles. The van der Waals surface area contributed by atoms with E-state index in [2.05, 4.69) is 41.5 Å². The molecule has 1 N–H and O–H groups in total. The van der Waals surface area contributed by atoms with E-state index in [9.17, 15) is 0 Å². The van der Waals surface area contributed by atoms with E-state index < -0.39 is 0 Å². The van der Waals surface area contributed by atoms with Gasteiger partial charge in [0, 0.05) is 10.7 Å². The fraction of sp³-hybridized carbons (Fsp3) is 0.235. The van der Waals surface area contributed by atoms with Crippen LogP contribution in [0.2, 0.25) is 5.02 Å². The van der Waals surface area contributed by atoms with E-state index in [-0.39, 0.29) is 6.04 Å². The molecule has 1 aromatic heterocycles. The lowest BCUT2D eigenvalue weighted by Gasteiger charge is -2.19. The van der Waals surface area contributed by atoms with Crippen molar-refractivity contribution in [3.8, 4) is 0 Å². The largest absolute Gasteiger partial charge is 0.378 e. The van der Waals surface area contributed by atoms with Gasteiger partial charge >= 0.3 is 0 Å². The third-order valence-corrected chi connectivity index (χ3v) is 4.66. The maximum Gasteiger partial charge on any atom is 0.0907 e. The molecule has 0 bridgehead atoms. The molecule has 0 radical (unpaired) electrons. The van der Waals surface area contributed by atoms with Crippen LogP contribution < -0.4 is 5.32 Å². The van der Waals surface area contributed by atoms with Crippen LogP contribution in [0, 0.1) is 6.92 Å². The standard InChI is InChI=1S/C17H17ClN2S/c1-3-15(12-5-4-6-13(18)9-12)20-14-7-8-16-17(10-14)21-11(2)19-16/h4-10,15,20H,3H2,1-2H3. The number of nitrogens with zero attached hydrogens (tertiary/aromatic N) is 1. The lowest BCUT2D eigenvalue weighted by Crippen LogP contribution is -2.09. The Labute approximate surface area is 133 Å². The van der Waals surface area contributed by atoms with E-state index >= 15 is 0 Å². The summed E-state index contributed by atoms with van der Waals surface area (Å²) in [6.45, 7) is 4.21. The second-order valence-electron chi connectivity index (χ2n) is 5.08. The minimum absolute atomic E-state index is 0.259. The molecule has 108 valence electrons. The van der Waals surface area contributed by atoms with Crippen molar-refractivity contribution in [2.45, 2.75) is 26.3 Å². The molecular formula is C17H17ClN2S. The summed E-state index contributed by atoms with van der Waals surface area (Å²) in [5.74, 6) is 0. The van der Waals surface area contributed by atoms with Crippen LogP contribution >= 0.6 is 22.9 Å². The number of hydrogen-bond donors (Lipinski definition) is 1. The van der Waals surface area contributed by atoms with Crippen molar-refractivity contribution in [2.75, 3.05) is 5.32 Å². The number of rotatable bonds is 4. The Kier molecular flexibility index (Phi) is 4.13. The van der Waals surface area contributed by atoms with Gasteiger partial charge in [-0.05, 0) is 49.2 Å². The average Bonchev–Trinajstić information content (AvgIpc) is 2.84. The first-order valence-corrected chi connectivity index (χ1v) is 8.24.